The predicted octanol–water partition coefficient (Wildman–Crippen LogP) is 2.40. The monoisotopic (exact) mass is 292 g/mol. The Morgan fingerprint density at radius 2 is 1.76 bits per heavy atom. The van der Waals surface area contributed by atoms with E-state index in [-0.39, 0.29) is 11.6 Å². The quantitative estimate of drug-likeness (QED) is 0.903. The van der Waals surface area contributed by atoms with E-state index in [0.717, 1.165) is 18.8 Å². The second kappa shape index (κ2) is 7.18. The molecule has 1 fully saturated rings. The second-order valence-electron chi connectivity index (χ2n) is 6.23. The van der Waals surface area contributed by atoms with E-state index in [4.69, 9.17) is 4.74 Å². The minimum atomic E-state index is -0.0393. The molecule has 0 saturated carbocycles. The van der Waals surface area contributed by atoms with Crippen molar-refractivity contribution in [3.63, 3.8) is 0 Å². The summed E-state index contributed by atoms with van der Waals surface area (Å²) in [6, 6.07) is 0.0826. The topological polar surface area (TPSA) is 50.3 Å². The summed E-state index contributed by atoms with van der Waals surface area (Å²) in [6.45, 7) is 6.86. The first kappa shape index (κ1) is 16.2. The maximum absolute atomic E-state index is 5.40. The number of aromatic nitrogens is 2. The second-order valence-corrected chi connectivity index (χ2v) is 6.23. The first-order valence-electron chi connectivity index (χ1n) is 7.88. The molecule has 0 bridgehead atoms. The lowest BCUT2D eigenvalue weighted by molar-refractivity contribution is 0.0834. The van der Waals surface area contributed by atoms with Crippen LogP contribution in [0.25, 0.3) is 0 Å². The molecule has 1 aromatic rings. The van der Waals surface area contributed by atoms with Crippen LogP contribution in [0.1, 0.15) is 51.3 Å². The summed E-state index contributed by atoms with van der Waals surface area (Å²) < 4.78 is 5.40. The Morgan fingerprint density at radius 1 is 1.14 bits per heavy atom. The molecule has 1 saturated heterocycles. The average Bonchev–Trinajstić information content (AvgIpc) is 2.78. The van der Waals surface area contributed by atoms with Crippen LogP contribution in [0.5, 0.6) is 5.88 Å². The molecule has 0 aliphatic carbocycles. The van der Waals surface area contributed by atoms with Crippen molar-refractivity contribution in [2.24, 2.45) is 0 Å². The maximum Gasteiger partial charge on any atom is 0.237 e. The van der Waals surface area contributed by atoms with Crippen LogP contribution < -0.4 is 10.1 Å². The molecule has 5 heteroatoms. The van der Waals surface area contributed by atoms with Gasteiger partial charge >= 0.3 is 0 Å². The maximum atomic E-state index is 5.40. The molecule has 1 atom stereocenters. The Morgan fingerprint density at radius 3 is 2.33 bits per heavy atom. The third-order valence-corrected chi connectivity index (χ3v) is 4.57. The summed E-state index contributed by atoms with van der Waals surface area (Å²) in [6.07, 6.45) is 8.64. The Labute approximate surface area is 128 Å². The van der Waals surface area contributed by atoms with E-state index in [1.165, 1.54) is 25.7 Å². The summed E-state index contributed by atoms with van der Waals surface area (Å²) >= 11 is 0. The highest BCUT2D eigenvalue weighted by atomic mass is 16.5. The number of nitrogens with zero attached hydrogens (tertiary/aromatic N) is 3. The van der Waals surface area contributed by atoms with E-state index in [1.54, 1.807) is 19.5 Å². The van der Waals surface area contributed by atoms with Crippen LogP contribution in [0.2, 0.25) is 0 Å². The zero-order valence-electron chi connectivity index (χ0n) is 13.7. The van der Waals surface area contributed by atoms with Gasteiger partial charge in [-0.1, -0.05) is 12.8 Å². The van der Waals surface area contributed by atoms with Gasteiger partial charge in [-0.3, -0.25) is 9.88 Å². The lowest BCUT2D eigenvalue weighted by Gasteiger charge is -2.43. The van der Waals surface area contributed by atoms with E-state index >= 15 is 0 Å². The molecule has 1 aromatic heterocycles. The summed E-state index contributed by atoms with van der Waals surface area (Å²) in [5.41, 5.74) is 0.847. The van der Waals surface area contributed by atoms with E-state index < -0.39 is 0 Å². The van der Waals surface area contributed by atoms with Crippen LogP contribution >= 0.6 is 0 Å². The first-order valence-corrected chi connectivity index (χ1v) is 7.88. The molecule has 21 heavy (non-hydrogen) atoms. The molecule has 1 aliphatic heterocycles. The molecule has 118 valence electrons. The number of ether oxygens (including phenoxy) is 1. The fraction of sp³-hybridized carbons (Fsp3) is 0.750. The molecule has 1 unspecified atom stereocenters. The highest BCUT2D eigenvalue weighted by Gasteiger charge is 2.38. The zero-order chi connectivity index (χ0) is 15.3. The summed E-state index contributed by atoms with van der Waals surface area (Å²) in [5.74, 6) is 0.611. The molecule has 0 spiro atoms. The smallest absolute Gasteiger partial charge is 0.237 e. The third-order valence-electron chi connectivity index (χ3n) is 4.57. The minimum absolute atomic E-state index is 0.0393. The normalized spacial score (nSPS) is 19.0. The van der Waals surface area contributed by atoms with Gasteiger partial charge in [-0.05, 0) is 46.8 Å². The number of likely N-dealkylation sites (tertiary alicyclic amines) is 1. The van der Waals surface area contributed by atoms with Crippen molar-refractivity contribution < 1.29 is 4.74 Å². The number of hydrogen-bond acceptors (Lipinski definition) is 5. The fourth-order valence-electron chi connectivity index (χ4n) is 3.35. The molecule has 2 rings (SSSR count). The van der Waals surface area contributed by atoms with E-state index in [0.29, 0.717) is 5.88 Å². The van der Waals surface area contributed by atoms with Crippen LogP contribution in [-0.4, -0.2) is 47.7 Å². The van der Waals surface area contributed by atoms with E-state index in [9.17, 15) is 0 Å². The zero-order valence-corrected chi connectivity index (χ0v) is 13.7. The highest BCUT2D eigenvalue weighted by Crippen LogP contribution is 2.34. The molecule has 1 N–H and O–H groups in total. The lowest BCUT2D eigenvalue weighted by atomic mass is 9.89. The van der Waals surface area contributed by atoms with Crippen molar-refractivity contribution in [3.8, 4) is 5.88 Å². The van der Waals surface area contributed by atoms with Gasteiger partial charge in [0.1, 0.15) is 5.69 Å². The van der Waals surface area contributed by atoms with Crippen molar-refractivity contribution >= 4 is 0 Å². The Kier molecular flexibility index (Phi) is 5.53. The predicted molar refractivity (Wildman–Crippen MR) is 84.5 cm³/mol. The van der Waals surface area contributed by atoms with Gasteiger partial charge in [0.25, 0.3) is 0 Å². The van der Waals surface area contributed by atoms with E-state index in [2.05, 4.69) is 34.0 Å². The summed E-state index contributed by atoms with van der Waals surface area (Å²) in [5, 5.41) is 3.43. The first-order chi connectivity index (χ1) is 10.1. The molecule has 0 amide bonds. The summed E-state index contributed by atoms with van der Waals surface area (Å²) in [4.78, 5) is 11.4. The lowest BCUT2D eigenvalue weighted by Crippen LogP contribution is -2.52. The minimum Gasteiger partial charge on any atom is -0.480 e. The molecule has 0 radical (unpaired) electrons. The van der Waals surface area contributed by atoms with E-state index in [1.807, 2.05) is 7.05 Å². The average molecular weight is 292 g/mol. The van der Waals surface area contributed by atoms with Gasteiger partial charge in [-0.15, -0.1) is 0 Å². The molecular formula is C16H28N4O. The number of likely N-dealkylation sites (N-methyl/N-ethyl adjacent to an activating group) is 1. The van der Waals surface area contributed by atoms with Gasteiger partial charge in [0.15, 0.2) is 0 Å². The standard InChI is InChI=1S/C16H28N4O/c1-16(2,20-11-7-5-6-8-12-20)14(17-3)13-15(21-4)19-10-9-18-13/h9-10,14,17H,5-8,11-12H2,1-4H3. The van der Waals surface area contributed by atoms with Gasteiger partial charge in [-0.2, -0.15) is 0 Å². The number of rotatable bonds is 5. The van der Waals surface area contributed by atoms with Gasteiger partial charge < -0.3 is 10.1 Å². The van der Waals surface area contributed by atoms with Crippen LogP contribution in [0.4, 0.5) is 0 Å². The molecule has 5 nitrogen and oxygen atoms in total. The van der Waals surface area contributed by atoms with Crippen molar-refractivity contribution in [2.75, 3.05) is 27.2 Å². The molecule has 1 aliphatic rings. The SMILES string of the molecule is CNC(c1nccnc1OC)C(C)(C)N1CCCCCC1. The van der Waals surface area contributed by atoms with Crippen molar-refractivity contribution in [1.82, 2.24) is 20.2 Å². The Balaban J connectivity index is 2.29. The number of methoxy groups -OCH3 is 1. The largest absolute Gasteiger partial charge is 0.480 e. The van der Waals surface area contributed by atoms with Crippen LogP contribution in [0.15, 0.2) is 12.4 Å². The fourth-order valence-corrected chi connectivity index (χ4v) is 3.35. The van der Waals surface area contributed by atoms with Gasteiger partial charge in [0.2, 0.25) is 5.88 Å². The molecular weight excluding hydrogens is 264 g/mol. The van der Waals surface area contributed by atoms with Gasteiger partial charge in [-0.25, -0.2) is 4.98 Å². The van der Waals surface area contributed by atoms with Gasteiger partial charge in [0.05, 0.1) is 13.2 Å². The van der Waals surface area contributed by atoms with Gasteiger partial charge in [0, 0.05) is 17.9 Å². The summed E-state index contributed by atoms with van der Waals surface area (Å²) in [7, 11) is 3.64. The molecule has 0 aromatic carbocycles. The highest BCUT2D eigenvalue weighted by molar-refractivity contribution is 5.24. The third kappa shape index (κ3) is 3.52. The number of nitrogens with one attached hydrogen (secondary N) is 1. The van der Waals surface area contributed by atoms with Crippen molar-refractivity contribution in [3.05, 3.63) is 18.1 Å². The Bertz CT molecular complexity index is 442. The molecule has 2 heterocycles. The van der Waals surface area contributed by atoms with Crippen LogP contribution in [0.3, 0.4) is 0 Å². The Hall–Kier alpha value is -1.20. The van der Waals surface area contributed by atoms with Crippen molar-refractivity contribution in [1.29, 1.82) is 0 Å². The van der Waals surface area contributed by atoms with Crippen LogP contribution in [-0.2, 0) is 0 Å². The van der Waals surface area contributed by atoms with Crippen LogP contribution in [0, 0.1) is 0 Å². The number of hydrogen-bond donors (Lipinski definition) is 1. The van der Waals surface area contributed by atoms with Crippen molar-refractivity contribution in [2.45, 2.75) is 51.1 Å².